The maximum absolute atomic E-state index is 13.0. The fourth-order valence-electron chi connectivity index (χ4n) is 3.16. The fourth-order valence-corrected chi connectivity index (χ4v) is 3.16. The number of carbonyl (C=O) groups is 2. The second-order valence-electron chi connectivity index (χ2n) is 6.11. The van der Waals surface area contributed by atoms with Crippen molar-refractivity contribution in [2.75, 3.05) is 13.1 Å². The third kappa shape index (κ3) is 4.11. The molecule has 1 fully saturated rings. The highest BCUT2D eigenvalue weighted by atomic mass is 35.5. The Labute approximate surface area is 164 Å². The van der Waals surface area contributed by atoms with E-state index in [1.54, 1.807) is 14.0 Å². The van der Waals surface area contributed by atoms with Gasteiger partial charge < -0.3 is 10.0 Å². The van der Waals surface area contributed by atoms with Crippen LogP contribution in [0.1, 0.15) is 16.1 Å². The van der Waals surface area contributed by atoms with Gasteiger partial charge in [0.2, 0.25) is 0 Å². The SMILES string of the molecule is Cc1nn(C)c2ncc(C(=O)N3C[C@@H](C(F)(F)F)[C@H](C(=O)O)C3)cc12.Cl.Cl. The van der Waals surface area contributed by atoms with Gasteiger partial charge in [0.15, 0.2) is 5.65 Å². The topological polar surface area (TPSA) is 88.3 Å². The molecule has 0 saturated carbocycles. The molecule has 0 radical (unpaired) electrons. The van der Waals surface area contributed by atoms with Crippen molar-refractivity contribution >= 4 is 47.7 Å². The summed E-state index contributed by atoms with van der Waals surface area (Å²) in [6.45, 7) is 0.569. The molecule has 2 aromatic rings. The molecule has 0 spiro atoms. The number of carboxylic acid groups (broad SMARTS) is 1. The van der Waals surface area contributed by atoms with Crippen molar-refractivity contribution in [3.05, 3.63) is 23.5 Å². The van der Waals surface area contributed by atoms with E-state index in [-0.39, 0.29) is 30.4 Å². The molecular weight excluding hydrogens is 412 g/mol. The van der Waals surface area contributed by atoms with Crippen LogP contribution in [-0.4, -0.2) is 55.9 Å². The monoisotopic (exact) mass is 428 g/mol. The number of hydrogen-bond acceptors (Lipinski definition) is 4. The highest BCUT2D eigenvalue weighted by molar-refractivity contribution is 5.97. The number of rotatable bonds is 2. The zero-order valence-electron chi connectivity index (χ0n) is 14.2. The summed E-state index contributed by atoms with van der Waals surface area (Å²) in [5, 5.41) is 13.8. The number of hydrogen-bond donors (Lipinski definition) is 1. The minimum absolute atomic E-state index is 0. The number of aromatic nitrogens is 3. The molecule has 2 aromatic heterocycles. The normalized spacial score (nSPS) is 19.5. The van der Waals surface area contributed by atoms with Crippen LogP contribution in [-0.2, 0) is 11.8 Å². The van der Waals surface area contributed by atoms with E-state index in [9.17, 15) is 22.8 Å². The first-order valence-electron chi connectivity index (χ1n) is 7.47. The van der Waals surface area contributed by atoms with Crippen LogP contribution in [0.2, 0.25) is 0 Å². The molecule has 1 saturated heterocycles. The third-order valence-electron chi connectivity index (χ3n) is 4.45. The van der Waals surface area contributed by atoms with Gasteiger partial charge in [0.05, 0.1) is 23.1 Å². The van der Waals surface area contributed by atoms with Crippen molar-refractivity contribution < 1.29 is 27.9 Å². The Balaban J connectivity index is 0.00000182. The van der Waals surface area contributed by atoms with E-state index >= 15 is 0 Å². The number of alkyl halides is 3. The summed E-state index contributed by atoms with van der Waals surface area (Å²) in [5.74, 6) is -5.98. The number of amides is 1. The van der Waals surface area contributed by atoms with Crippen molar-refractivity contribution in [2.45, 2.75) is 13.1 Å². The van der Waals surface area contributed by atoms with E-state index in [1.807, 2.05) is 0 Å². The van der Waals surface area contributed by atoms with E-state index in [2.05, 4.69) is 10.1 Å². The molecular formula is C15H17Cl2F3N4O3. The maximum Gasteiger partial charge on any atom is 0.394 e. The number of carbonyl (C=O) groups excluding carboxylic acids is 1. The van der Waals surface area contributed by atoms with Gasteiger partial charge in [-0.15, -0.1) is 24.8 Å². The first kappa shape index (κ1) is 23.0. The lowest BCUT2D eigenvalue weighted by atomic mass is 9.96. The number of likely N-dealkylation sites (tertiary alicyclic amines) is 1. The summed E-state index contributed by atoms with van der Waals surface area (Å²) < 4.78 is 40.7. The molecule has 27 heavy (non-hydrogen) atoms. The lowest BCUT2D eigenvalue weighted by Gasteiger charge is -2.18. The van der Waals surface area contributed by atoms with Crippen LogP contribution in [0.3, 0.4) is 0 Å². The number of halogens is 5. The third-order valence-corrected chi connectivity index (χ3v) is 4.45. The Morgan fingerprint density at radius 3 is 2.41 bits per heavy atom. The zero-order chi connectivity index (χ0) is 18.5. The number of aliphatic carboxylic acids is 1. The van der Waals surface area contributed by atoms with Gasteiger partial charge >= 0.3 is 12.1 Å². The van der Waals surface area contributed by atoms with Gasteiger partial charge in [-0.3, -0.25) is 14.3 Å². The number of fused-ring (bicyclic) bond motifs is 1. The van der Waals surface area contributed by atoms with Gasteiger partial charge in [-0.25, -0.2) is 4.98 Å². The van der Waals surface area contributed by atoms with Crippen LogP contribution in [0.5, 0.6) is 0 Å². The van der Waals surface area contributed by atoms with Gasteiger partial charge in [0.1, 0.15) is 0 Å². The number of pyridine rings is 1. The largest absolute Gasteiger partial charge is 0.481 e. The molecule has 2 atom stereocenters. The summed E-state index contributed by atoms with van der Waals surface area (Å²) in [6.07, 6.45) is -3.41. The molecule has 3 heterocycles. The number of nitrogens with zero attached hydrogens (tertiary/aromatic N) is 4. The molecule has 0 unspecified atom stereocenters. The molecule has 150 valence electrons. The molecule has 0 aliphatic carbocycles. The smallest absolute Gasteiger partial charge is 0.394 e. The molecule has 3 rings (SSSR count). The summed E-state index contributed by atoms with van der Waals surface area (Å²) >= 11 is 0. The zero-order valence-corrected chi connectivity index (χ0v) is 15.9. The lowest BCUT2D eigenvalue weighted by Crippen LogP contribution is -2.34. The average molecular weight is 429 g/mol. The van der Waals surface area contributed by atoms with Gasteiger partial charge in [-0.1, -0.05) is 0 Å². The first-order valence-corrected chi connectivity index (χ1v) is 7.47. The van der Waals surface area contributed by atoms with Crippen LogP contribution >= 0.6 is 24.8 Å². The highest BCUT2D eigenvalue weighted by Gasteiger charge is 2.53. The van der Waals surface area contributed by atoms with Crippen LogP contribution < -0.4 is 0 Å². The number of aryl methyl sites for hydroxylation is 2. The van der Waals surface area contributed by atoms with Gasteiger partial charge in [-0.2, -0.15) is 18.3 Å². The van der Waals surface area contributed by atoms with E-state index < -0.39 is 43.0 Å². The van der Waals surface area contributed by atoms with Crippen LogP contribution in [0, 0.1) is 18.8 Å². The van der Waals surface area contributed by atoms with Crippen LogP contribution in [0.15, 0.2) is 12.3 Å². The van der Waals surface area contributed by atoms with Crippen molar-refractivity contribution in [3.8, 4) is 0 Å². The standard InChI is InChI=1S/C15H15F3N4O3.2ClH/c1-7-9-3-8(4-19-12(9)21(2)20-7)13(23)22-5-10(14(24)25)11(6-22)15(16,17)18;;/h3-4,10-11H,5-6H2,1-2H3,(H,24,25);2*1H/t10-,11-;;/m1../s1. The van der Waals surface area contributed by atoms with E-state index in [1.165, 1.54) is 16.9 Å². The fraction of sp³-hybridized carbons (Fsp3) is 0.467. The highest BCUT2D eigenvalue weighted by Crippen LogP contribution is 2.38. The molecule has 7 nitrogen and oxygen atoms in total. The predicted molar refractivity (Wildman–Crippen MR) is 94.3 cm³/mol. The first-order chi connectivity index (χ1) is 11.6. The average Bonchev–Trinajstić information content (AvgIpc) is 3.09. The van der Waals surface area contributed by atoms with Crippen molar-refractivity contribution in [2.24, 2.45) is 18.9 Å². The summed E-state index contributed by atoms with van der Waals surface area (Å²) in [7, 11) is 1.69. The Kier molecular flexibility index (Phi) is 6.71. The molecule has 1 aliphatic rings. The molecule has 0 aromatic carbocycles. The van der Waals surface area contributed by atoms with E-state index in [0.717, 1.165) is 4.90 Å². The Morgan fingerprint density at radius 2 is 1.89 bits per heavy atom. The summed E-state index contributed by atoms with van der Waals surface area (Å²) in [4.78, 5) is 28.7. The Hall–Kier alpha value is -2.07. The van der Waals surface area contributed by atoms with E-state index in [4.69, 9.17) is 5.11 Å². The Morgan fingerprint density at radius 1 is 1.26 bits per heavy atom. The molecule has 1 aliphatic heterocycles. The molecule has 12 heteroatoms. The predicted octanol–water partition coefficient (Wildman–Crippen LogP) is 2.46. The van der Waals surface area contributed by atoms with Gasteiger partial charge in [0, 0.05) is 31.7 Å². The summed E-state index contributed by atoms with van der Waals surface area (Å²) in [6, 6.07) is 1.52. The van der Waals surface area contributed by atoms with Gasteiger partial charge in [0.25, 0.3) is 5.91 Å². The minimum Gasteiger partial charge on any atom is -0.481 e. The van der Waals surface area contributed by atoms with Crippen LogP contribution in [0.25, 0.3) is 11.0 Å². The lowest BCUT2D eigenvalue weighted by molar-refractivity contribution is -0.187. The summed E-state index contributed by atoms with van der Waals surface area (Å²) in [5.41, 5.74) is 1.29. The second-order valence-corrected chi connectivity index (χ2v) is 6.11. The Bertz CT molecular complexity index is 872. The van der Waals surface area contributed by atoms with Crippen molar-refractivity contribution in [1.82, 2.24) is 19.7 Å². The van der Waals surface area contributed by atoms with Crippen molar-refractivity contribution in [3.63, 3.8) is 0 Å². The number of carboxylic acids is 1. The quantitative estimate of drug-likeness (QED) is 0.793. The van der Waals surface area contributed by atoms with E-state index in [0.29, 0.717) is 16.7 Å². The van der Waals surface area contributed by atoms with Gasteiger partial charge in [-0.05, 0) is 13.0 Å². The minimum atomic E-state index is -4.68. The van der Waals surface area contributed by atoms with Crippen LogP contribution in [0.4, 0.5) is 13.2 Å². The van der Waals surface area contributed by atoms with Crippen molar-refractivity contribution in [1.29, 1.82) is 0 Å². The second kappa shape index (κ2) is 7.89. The molecule has 1 N–H and O–H groups in total. The molecule has 1 amide bonds. The maximum atomic E-state index is 13.0. The molecule has 0 bridgehead atoms.